The molecule has 3 unspecified atom stereocenters. The van der Waals surface area contributed by atoms with Crippen molar-refractivity contribution in [1.82, 2.24) is 10.2 Å². The first kappa shape index (κ1) is 15.5. The number of hydrogen-bond acceptors (Lipinski definition) is 2. The van der Waals surface area contributed by atoms with Crippen molar-refractivity contribution >= 4 is 5.91 Å². The Morgan fingerprint density at radius 2 is 1.91 bits per heavy atom. The number of carbonyl (C=O) groups is 1. The Kier molecular flexibility index (Phi) is 4.53. The summed E-state index contributed by atoms with van der Waals surface area (Å²) in [6.07, 6.45) is 3.56. The first-order valence-corrected chi connectivity index (χ1v) is 8.62. The standard InChI is InChI=1S/C19H28N2O/c1-13-7-9-15(10-8-13)17-5-4-6-18(17)21(3)19(22)14(2)16-11-20-12-16/h7-10,14,16-18,20H,4-6,11-12H2,1-3H3. The van der Waals surface area contributed by atoms with Crippen LogP contribution in [0, 0.1) is 18.8 Å². The van der Waals surface area contributed by atoms with Crippen molar-refractivity contribution in [3.63, 3.8) is 0 Å². The number of aryl methyl sites for hydroxylation is 1. The van der Waals surface area contributed by atoms with Crippen LogP contribution in [0.1, 0.15) is 43.2 Å². The topological polar surface area (TPSA) is 32.3 Å². The lowest BCUT2D eigenvalue weighted by Gasteiger charge is -2.37. The lowest BCUT2D eigenvalue weighted by Crippen LogP contribution is -2.51. The average molecular weight is 300 g/mol. The van der Waals surface area contributed by atoms with Crippen molar-refractivity contribution in [2.24, 2.45) is 11.8 Å². The number of nitrogens with zero attached hydrogens (tertiary/aromatic N) is 1. The van der Waals surface area contributed by atoms with Crippen LogP contribution in [0.4, 0.5) is 0 Å². The van der Waals surface area contributed by atoms with E-state index < -0.39 is 0 Å². The molecule has 1 aromatic carbocycles. The van der Waals surface area contributed by atoms with Crippen LogP contribution in [-0.2, 0) is 4.79 Å². The van der Waals surface area contributed by atoms with E-state index in [0.29, 0.717) is 23.8 Å². The van der Waals surface area contributed by atoms with Crippen molar-refractivity contribution in [2.75, 3.05) is 20.1 Å². The van der Waals surface area contributed by atoms with E-state index in [0.717, 1.165) is 19.5 Å². The fraction of sp³-hybridized carbons (Fsp3) is 0.632. The maximum Gasteiger partial charge on any atom is 0.225 e. The van der Waals surface area contributed by atoms with Crippen LogP contribution in [0.3, 0.4) is 0 Å². The Balaban J connectivity index is 1.71. The van der Waals surface area contributed by atoms with Gasteiger partial charge >= 0.3 is 0 Å². The summed E-state index contributed by atoms with van der Waals surface area (Å²) >= 11 is 0. The Morgan fingerprint density at radius 1 is 1.23 bits per heavy atom. The normalized spacial score (nSPS) is 26.5. The molecule has 3 atom stereocenters. The maximum absolute atomic E-state index is 12.8. The van der Waals surface area contributed by atoms with Gasteiger partial charge in [-0.25, -0.2) is 0 Å². The van der Waals surface area contributed by atoms with Gasteiger partial charge in [-0.1, -0.05) is 43.2 Å². The first-order valence-electron chi connectivity index (χ1n) is 8.62. The molecular weight excluding hydrogens is 272 g/mol. The third kappa shape index (κ3) is 2.91. The Labute approximate surface area is 134 Å². The monoisotopic (exact) mass is 300 g/mol. The average Bonchev–Trinajstić information content (AvgIpc) is 2.94. The summed E-state index contributed by atoms with van der Waals surface area (Å²) in [6, 6.07) is 9.24. The lowest BCUT2D eigenvalue weighted by atomic mass is 9.86. The van der Waals surface area contributed by atoms with E-state index in [-0.39, 0.29) is 5.92 Å². The summed E-state index contributed by atoms with van der Waals surface area (Å²) in [6.45, 7) is 6.21. The molecule has 3 rings (SSSR count). The molecule has 120 valence electrons. The van der Waals surface area contributed by atoms with Crippen LogP contribution in [0.5, 0.6) is 0 Å². The summed E-state index contributed by atoms with van der Waals surface area (Å²) in [5.74, 6) is 1.50. The minimum absolute atomic E-state index is 0.144. The highest BCUT2D eigenvalue weighted by Crippen LogP contribution is 2.38. The number of nitrogens with one attached hydrogen (secondary N) is 1. The van der Waals surface area contributed by atoms with Crippen LogP contribution < -0.4 is 5.32 Å². The van der Waals surface area contributed by atoms with Crippen molar-refractivity contribution < 1.29 is 4.79 Å². The van der Waals surface area contributed by atoms with Gasteiger partial charge in [0.2, 0.25) is 5.91 Å². The molecule has 1 aliphatic heterocycles. The van der Waals surface area contributed by atoms with Crippen molar-refractivity contribution in [3.05, 3.63) is 35.4 Å². The molecule has 3 heteroatoms. The lowest BCUT2D eigenvalue weighted by molar-refractivity contribution is -0.138. The molecule has 3 nitrogen and oxygen atoms in total. The summed E-state index contributed by atoms with van der Waals surface area (Å²) in [4.78, 5) is 14.8. The maximum atomic E-state index is 12.8. The molecule has 0 spiro atoms. The largest absolute Gasteiger partial charge is 0.342 e. The van der Waals surface area contributed by atoms with Gasteiger partial charge in [0.05, 0.1) is 0 Å². The Hall–Kier alpha value is -1.35. The molecule has 22 heavy (non-hydrogen) atoms. The number of benzene rings is 1. The third-order valence-corrected chi connectivity index (χ3v) is 5.74. The first-order chi connectivity index (χ1) is 10.6. The second-order valence-corrected chi connectivity index (χ2v) is 7.17. The Bertz CT molecular complexity index is 521. The molecule has 1 amide bonds. The van der Waals surface area contributed by atoms with Crippen LogP contribution in [-0.4, -0.2) is 37.0 Å². The van der Waals surface area contributed by atoms with Crippen molar-refractivity contribution in [1.29, 1.82) is 0 Å². The van der Waals surface area contributed by atoms with E-state index in [1.54, 1.807) is 0 Å². The molecular formula is C19H28N2O. The smallest absolute Gasteiger partial charge is 0.225 e. The fourth-order valence-electron chi connectivity index (χ4n) is 3.96. The zero-order valence-electron chi connectivity index (χ0n) is 14.0. The molecule has 1 heterocycles. The highest BCUT2D eigenvalue weighted by Gasteiger charge is 2.37. The Morgan fingerprint density at radius 3 is 2.50 bits per heavy atom. The molecule has 2 fully saturated rings. The van der Waals surface area contributed by atoms with Crippen LogP contribution in [0.2, 0.25) is 0 Å². The summed E-state index contributed by atoms with van der Waals surface area (Å²) in [5.41, 5.74) is 2.69. The highest BCUT2D eigenvalue weighted by atomic mass is 16.2. The molecule has 1 saturated carbocycles. The fourth-order valence-corrected chi connectivity index (χ4v) is 3.96. The molecule has 1 N–H and O–H groups in total. The molecule has 0 bridgehead atoms. The van der Waals surface area contributed by atoms with Gasteiger partial charge in [0.15, 0.2) is 0 Å². The van der Waals surface area contributed by atoms with Crippen LogP contribution in [0.15, 0.2) is 24.3 Å². The number of amides is 1. The second-order valence-electron chi connectivity index (χ2n) is 7.17. The SMILES string of the molecule is Cc1ccc(C2CCCC2N(C)C(=O)C(C)C2CNC2)cc1. The van der Waals surface area contributed by atoms with Gasteiger partial charge in [0.1, 0.15) is 0 Å². The van der Waals surface area contributed by atoms with E-state index >= 15 is 0 Å². The number of rotatable bonds is 4. The molecule has 1 aliphatic carbocycles. The quantitative estimate of drug-likeness (QED) is 0.927. The van der Waals surface area contributed by atoms with Gasteiger partial charge < -0.3 is 10.2 Å². The predicted molar refractivity (Wildman–Crippen MR) is 89.9 cm³/mol. The van der Waals surface area contributed by atoms with Crippen molar-refractivity contribution in [3.8, 4) is 0 Å². The van der Waals surface area contributed by atoms with E-state index in [1.807, 2.05) is 7.05 Å². The molecule has 2 aliphatic rings. The van der Waals surface area contributed by atoms with E-state index in [2.05, 4.69) is 48.3 Å². The van der Waals surface area contributed by atoms with Crippen LogP contribution >= 0.6 is 0 Å². The van der Waals surface area contributed by atoms with Gasteiger partial charge in [-0.05, 0) is 44.3 Å². The number of hydrogen-bond donors (Lipinski definition) is 1. The molecule has 1 aromatic rings. The molecule has 1 saturated heterocycles. The summed E-state index contributed by atoms with van der Waals surface area (Å²) in [7, 11) is 2.02. The predicted octanol–water partition coefficient (Wildman–Crippen LogP) is 2.95. The van der Waals surface area contributed by atoms with Crippen molar-refractivity contribution in [2.45, 2.75) is 45.1 Å². The van der Waals surface area contributed by atoms with E-state index in [9.17, 15) is 4.79 Å². The summed E-state index contributed by atoms with van der Waals surface area (Å²) in [5, 5.41) is 3.27. The minimum Gasteiger partial charge on any atom is -0.342 e. The van der Waals surface area contributed by atoms with Gasteiger partial charge in [-0.15, -0.1) is 0 Å². The van der Waals surface area contributed by atoms with Gasteiger partial charge in [0, 0.05) is 24.9 Å². The van der Waals surface area contributed by atoms with Gasteiger partial charge in [-0.2, -0.15) is 0 Å². The van der Waals surface area contributed by atoms with Gasteiger partial charge in [-0.3, -0.25) is 4.79 Å². The van der Waals surface area contributed by atoms with E-state index in [4.69, 9.17) is 0 Å². The summed E-state index contributed by atoms with van der Waals surface area (Å²) < 4.78 is 0. The minimum atomic E-state index is 0.144. The van der Waals surface area contributed by atoms with Crippen LogP contribution in [0.25, 0.3) is 0 Å². The molecule has 0 aromatic heterocycles. The van der Waals surface area contributed by atoms with Gasteiger partial charge in [0.25, 0.3) is 0 Å². The molecule has 0 radical (unpaired) electrons. The zero-order valence-corrected chi connectivity index (χ0v) is 14.0. The second kappa shape index (κ2) is 6.41. The zero-order chi connectivity index (χ0) is 15.7. The van der Waals surface area contributed by atoms with E-state index in [1.165, 1.54) is 24.0 Å². The third-order valence-electron chi connectivity index (χ3n) is 5.74. The number of carbonyl (C=O) groups excluding carboxylic acids is 1. The number of likely N-dealkylation sites (N-methyl/N-ethyl adjacent to an activating group) is 1. The highest BCUT2D eigenvalue weighted by molar-refractivity contribution is 5.79.